The third kappa shape index (κ3) is 9.65. The Balaban J connectivity index is 0.000000299. The van der Waals surface area contributed by atoms with Crippen molar-refractivity contribution in [1.82, 2.24) is 9.97 Å². The Morgan fingerprint density at radius 2 is 1.44 bits per heavy atom. The van der Waals surface area contributed by atoms with Crippen molar-refractivity contribution in [1.29, 1.82) is 0 Å². The molecule has 0 aliphatic heterocycles. The van der Waals surface area contributed by atoms with Gasteiger partial charge in [0.1, 0.15) is 23.0 Å². The fourth-order valence-corrected chi connectivity index (χ4v) is 8.17. The van der Waals surface area contributed by atoms with Crippen LogP contribution >= 0.6 is 0 Å². The number of rotatable bonds is 9. The monoisotopic (exact) mass is 917 g/mol. The number of aromatic nitrogens is 2. The van der Waals surface area contributed by atoms with Gasteiger partial charge in [-0.1, -0.05) is 124 Å². The fourth-order valence-electron chi connectivity index (χ4n) is 8.17. The van der Waals surface area contributed by atoms with Crippen LogP contribution in [0, 0.1) is 55.4 Å². The van der Waals surface area contributed by atoms with Gasteiger partial charge in [-0.05, 0) is 82.9 Å². The summed E-state index contributed by atoms with van der Waals surface area (Å²) in [6, 6.07) is 24.4. The Labute approximate surface area is 343 Å². The number of aliphatic hydroxyl groups is 1. The maximum Gasteiger partial charge on any atom is 0.162 e. The molecular weight excluding hydrogens is 857 g/mol. The number of carbonyl (C=O) groups is 1. The molecule has 2 aromatic heterocycles. The third-order valence-electron chi connectivity index (χ3n) is 10.6. The Morgan fingerprint density at radius 3 is 2.02 bits per heavy atom. The molecule has 0 amide bonds. The Bertz CT molecular complexity index is 2320. The molecule has 0 aliphatic rings. The second-order valence-corrected chi connectivity index (χ2v) is 17.3. The van der Waals surface area contributed by atoms with Crippen LogP contribution in [0.2, 0.25) is 0 Å². The summed E-state index contributed by atoms with van der Waals surface area (Å²) < 4.78 is 14.9. The first-order valence-electron chi connectivity index (χ1n) is 20.0. The molecule has 55 heavy (non-hydrogen) atoms. The van der Waals surface area contributed by atoms with E-state index in [1.165, 1.54) is 28.3 Å². The van der Waals surface area contributed by atoms with Crippen LogP contribution in [0.1, 0.15) is 94.2 Å². The minimum absolute atomic E-state index is 0. The second kappa shape index (κ2) is 17.8. The number of carbonyl (C=O) groups excluding carboxylic acids is 1. The Kier molecular flexibility index (Phi) is 13.6. The van der Waals surface area contributed by atoms with Crippen molar-refractivity contribution in [2.75, 3.05) is 0 Å². The molecule has 0 spiro atoms. The van der Waals surface area contributed by atoms with Gasteiger partial charge in [-0.25, -0.2) is 4.98 Å². The van der Waals surface area contributed by atoms with Crippen LogP contribution in [-0.4, -0.2) is 20.9 Å². The Hall–Kier alpha value is -4.12. The number of nitrogens with zero attached hydrogens (tertiary/aromatic N) is 2. The third-order valence-corrected chi connectivity index (χ3v) is 10.6. The SMILES string of the molecule is CC(C)C(C(=O)/C=C(\O)C(C(C)C)C(C)C)C(C)C.[2H]c1cc(-c2ncnc3c2oc2cc(-c4c(C)cc(C(C)(C)C)cc4C)ccc23)[c-]c2ccccc12.[Ir]. The van der Waals surface area contributed by atoms with E-state index in [2.05, 4.69) is 136 Å². The summed E-state index contributed by atoms with van der Waals surface area (Å²) in [5.41, 5.74) is 9.85. The molecule has 0 saturated heterocycles. The molecule has 0 aliphatic carbocycles. The number of aryl methyl sites for hydroxylation is 2. The van der Waals surface area contributed by atoms with Gasteiger partial charge in [-0.15, -0.1) is 29.6 Å². The standard InChI is InChI=1S/C32H27N2O.C17H32O2.Ir/c1-19-14-25(32(3,4)5)15-20(2)28(19)23-12-13-26-27(17-23)35-31-29(33-18-34-30(26)31)24-11-10-21-8-6-7-9-22(21)16-24;1-10(2)16(11(3)4)14(18)9-15(19)17(12(5)6)13(7)8;/h6-15,17-18H,1-5H3;9-13,16-18H,1-8H3;/q-1;;/b;14-9-;/i10D;;. The first-order chi connectivity index (χ1) is 25.8. The van der Waals surface area contributed by atoms with E-state index in [-0.39, 0.29) is 48.9 Å². The number of furan rings is 1. The van der Waals surface area contributed by atoms with Crippen molar-refractivity contribution < 1.29 is 35.8 Å². The summed E-state index contributed by atoms with van der Waals surface area (Å²) in [4.78, 5) is 21.4. The van der Waals surface area contributed by atoms with Crippen molar-refractivity contribution in [3.8, 4) is 22.4 Å². The predicted octanol–water partition coefficient (Wildman–Crippen LogP) is 13.4. The summed E-state index contributed by atoms with van der Waals surface area (Å²) in [5.74, 6) is 1.63. The molecule has 6 rings (SSSR count). The van der Waals surface area contributed by atoms with Gasteiger partial charge in [0.15, 0.2) is 5.78 Å². The van der Waals surface area contributed by atoms with E-state index >= 15 is 0 Å². The van der Waals surface area contributed by atoms with Gasteiger partial charge in [-0.2, -0.15) is 0 Å². The Morgan fingerprint density at radius 1 is 0.836 bits per heavy atom. The van der Waals surface area contributed by atoms with E-state index < -0.39 is 0 Å². The van der Waals surface area contributed by atoms with Crippen LogP contribution in [0.3, 0.4) is 0 Å². The van der Waals surface area contributed by atoms with Crippen LogP contribution in [0.4, 0.5) is 0 Å². The van der Waals surface area contributed by atoms with Crippen molar-refractivity contribution in [2.24, 2.45) is 35.5 Å². The molecule has 6 heteroatoms. The topological polar surface area (TPSA) is 76.2 Å². The van der Waals surface area contributed by atoms with Crippen LogP contribution in [-0.2, 0) is 30.3 Å². The van der Waals surface area contributed by atoms with E-state index in [1.54, 1.807) is 12.4 Å². The molecule has 1 N–H and O–H groups in total. The molecule has 6 aromatic rings. The van der Waals surface area contributed by atoms with Gasteiger partial charge >= 0.3 is 0 Å². The minimum Gasteiger partial charge on any atom is -0.512 e. The molecule has 2 heterocycles. The average molecular weight is 917 g/mol. The summed E-state index contributed by atoms with van der Waals surface area (Å²) in [6.07, 6.45) is 3.04. The average Bonchev–Trinajstić information content (AvgIpc) is 3.45. The second-order valence-electron chi connectivity index (χ2n) is 17.3. The molecular formula is C49H59IrN2O3-. The summed E-state index contributed by atoms with van der Waals surface area (Å²) in [5, 5.41) is 13.0. The smallest absolute Gasteiger partial charge is 0.162 e. The first-order valence-corrected chi connectivity index (χ1v) is 19.5. The number of aliphatic hydroxyl groups excluding tert-OH is 1. The van der Waals surface area contributed by atoms with Gasteiger partial charge in [0.25, 0.3) is 0 Å². The number of hydrogen-bond acceptors (Lipinski definition) is 5. The van der Waals surface area contributed by atoms with Crippen molar-refractivity contribution in [2.45, 2.75) is 95.4 Å². The summed E-state index contributed by atoms with van der Waals surface area (Å²) >= 11 is 0. The van der Waals surface area contributed by atoms with Crippen molar-refractivity contribution in [3.63, 3.8) is 0 Å². The van der Waals surface area contributed by atoms with E-state index in [4.69, 9.17) is 5.79 Å². The molecule has 293 valence electrons. The molecule has 0 fully saturated rings. The molecule has 4 aromatic carbocycles. The van der Waals surface area contributed by atoms with Crippen LogP contribution in [0.5, 0.6) is 0 Å². The van der Waals surface area contributed by atoms with Gasteiger partial charge in [-0.3, -0.25) is 9.78 Å². The van der Waals surface area contributed by atoms with E-state index in [0.29, 0.717) is 41.0 Å². The van der Waals surface area contributed by atoms with E-state index in [0.717, 1.165) is 38.4 Å². The molecule has 0 saturated carbocycles. The number of fused-ring (bicyclic) bond motifs is 4. The minimum atomic E-state index is -0.0119. The number of ketones is 1. The molecule has 0 unspecified atom stereocenters. The molecule has 0 bridgehead atoms. The normalized spacial score (nSPS) is 12.7. The van der Waals surface area contributed by atoms with Crippen LogP contribution < -0.4 is 0 Å². The number of allylic oxidation sites excluding steroid dienone is 2. The van der Waals surface area contributed by atoms with Crippen molar-refractivity contribution >= 4 is 38.6 Å². The maximum absolute atomic E-state index is 12.3. The fraction of sp³-hybridized carbons (Fsp3) is 0.408. The summed E-state index contributed by atoms with van der Waals surface area (Å²) in [6.45, 7) is 27.7. The van der Waals surface area contributed by atoms with Gasteiger partial charge in [0, 0.05) is 44.8 Å². The molecule has 1 radical (unpaired) electrons. The largest absolute Gasteiger partial charge is 0.512 e. The number of benzene rings is 4. The summed E-state index contributed by atoms with van der Waals surface area (Å²) in [7, 11) is 0. The zero-order valence-electron chi connectivity index (χ0n) is 35.9. The first kappa shape index (κ1) is 42.0. The van der Waals surface area contributed by atoms with Gasteiger partial charge in [0.2, 0.25) is 0 Å². The quantitative estimate of drug-likeness (QED) is 0.0888. The predicted molar refractivity (Wildman–Crippen MR) is 227 cm³/mol. The van der Waals surface area contributed by atoms with Crippen molar-refractivity contribution in [3.05, 3.63) is 108 Å². The van der Waals surface area contributed by atoms with E-state index in [9.17, 15) is 9.90 Å². The molecule has 0 atom stereocenters. The van der Waals surface area contributed by atoms with Crippen LogP contribution in [0.25, 0.3) is 55.2 Å². The zero-order valence-corrected chi connectivity index (χ0v) is 37.3. The van der Waals surface area contributed by atoms with Crippen LogP contribution in [0.15, 0.2) is 89.3 Å². The zero-order chi connectivity index (χ0) is 40.5. The van der Waals surface area contributed by atoms with Gasteiger partial charge < -0.3 is 9.52 Å². The number of hydrogen-bond donors (Lipinski definition) is 1. The maximum atomic E-state index is 12.3. The molecule has 5 nitrogen and oxygen atoms in total. The van der Waals surface area contributed by atoms with E-state index in [1.807, 2.05) is 24.3 Å². The van der Waals surface area contributed by atoms with Gasteiger partial charge in [0.05, 0.1) is 11.5 Å².